The van der Waals surface area contributed by atoms with Crippen molar-refractivity contribution in [2.75, 3.05) is 27.3 Å². The average Bonchev–Trinajstić information content (AvgIpc) is 2.79. The Morgan fingerprint density at radius 1 is 1.08 bits per heavy atom. The number of methoxy groups -OCH3 is 1. The van der Waals surface area contributed by atoms with Crippen LogP contribution in [0.1, 0.15) is 35.1 Å². The summed E-state index contributed by atoms with van der Waals surface area (Å²) in [7, 11) is 3.35. The Balaban J connectivity index is 2.09. The Morgan fingerprint density at radius 3 is 2.17 bits per heavy atom. The van der Waals surface area contributed by atoms with Crippen molar-refractivity contribution in [1.82, 2.24) is 10.4 Å². The van der Waals surface area contributed by atoms with Crippen molar-refractivity contribution in [3.8, 4) is 0 Å². The van der Waals surface area contributed by atoms with E-state index in [0.29, 0.717) is 5.57 Å². The van der Waals surface area contributed by atoms with Crippen LogP contribution in [0.2, 0.25) is 0 Å². The number of amides is 1. The van der Waals surface area contributed by atoms with Gasteiger partial charge in [-0.05, 0) is 50.3 Å². The fraction of sp³-hybridized carbons (Fsp3) is 0.526. The summed E-state index contributed by atoms with van der Waals surface area (Å²) < 4.78 is 5.79. The summed E-state index contributed by atoms with van der Waals surface area (Å²) in [5, 5.41) is 5.13. The first-order valence-corrected chi connectivity index (χ1v) is 8.40. The van der Waals surface area contributed by atoms with E-state index >= 15 is 0 Å². The third kappa shape index (κ3) is 2.62. The van der Waals surface area contributed by atoms with Gasteiger partial charge in [-0.15, -0.1) is 0 Å². The van der Waals surface area contributed by atoms with Crippen LogP contribution in [0.4, 0.5) is 0 Å². The van der Waals surface area contributed by atoms with E-state index < -0.39 is 5.54 Å². The molecule has 0 atom stereocenters. The molecule has 0 radical (unpaired) electrons. The number of ether oxygens (including phenoxy) is 1. The number of aryl methyl sites for hydroxylation is 3. The highest BCUT2D eigenvalue weighted by atomic mass is 16.7. The molecule has 2 aliphatic heterocycles. The van der Waals surface area contributed by atoms with Gasteiger partial charge in [0.1, 0.15) is 11.3 Å². The number of rotatable bonds is 3. The maximum Gasteiger partial charge on any atom is 0.256 e. The lowest BCUT2D eigenvalue weighted by Crippen LogP contribution is -2.52. The fourth-order valence-electron chi connectivity index (χ4n) is 4.18. The molecule has 5 nitrogen and oxygen atoms in total. The number of hydrogen-bond donors (Lipinski definition) is 1. The van der Waals surface area contributed by atoms with Gasteiger partial charge in [-0.25, -0.2) is 0 Å². The number of piperidine rings is 1. The molecule has 1 spiro atoms. The van der Waals surface area contributed by atoms with Crippen molar-refractivity contribution in [3.05, 3.63) is 40.1 Å². The van der Waals surface area contributed by atoms with Gasteiger partial charge in [0.25, 0.3) is 5.91 Å². The van der Waals surface area contributed by atoms with Crippen LogP contribution in [-0.2, 0) is 14.4 Å². The maximum atomic E-state index is 12.9. The quantitative estimate of drug-likeness (QED) is 0.925. The highest BCUT2D eigenvalue weighted by molar-refractivity contribution is 6.24. The molecule has 2 heterocycles. The SMILES string of the molecule is COC1=C(c2c(C)cc(C)cc2C)C(=O)NC12CCN(OC)CC2. The van der Waals surface area contributed by atoms with Crippen molar-refractivity contribution < 1.29 is 14.4 Å². The van der Waals surface area contributed by atoms with Gasteiger partial charge in [0.05, 0.1) is 19.8 Å². The third-order valence-corrected chi connectivity index (χ3v) is 5.21. The van der Waals surface area contributed by atoms with Crippen LogP contribution in [0.15, 0.2) is 17.9 Å². The molecule has 0 aliphatic carbocycles. The van der Waals surface area contributed by atoms with E-state index in [1.54, 1.807) is 14.2 Å². The first kappa shape index (κ1) is 17.0. The Bertz CT molecular complexity index is 678. The lowest BCUT2D eigenvalue weighted by molar-refractivity contribution is -0.152. The monoisotopic (exact) mass is 330 g/mol. The molecule has 130 valence electrons. The smallest absolute Gasteiger partial charge is 0.256 e. The second kappa shape index (κ2) is 6.22. The van der Waals surface area contributed by atoms with Crippen LogP contribution in [-0.4, -0.2) is 43.8 Å². The normalized spacial score (nSPS) is 20.6. The van der Waals surface area contributed by atoms with Crippen LogP contribution in [0.3, 0.4) is 0 Å². The predicted molar refractivity (Wildman–Crippen MR) is 93.3 cm³/mol. The van der Waals surface area contributed by atoms with Crippen molar-refractivity contribution in [2.45, 2.75) is 39.2 Å². The molecule has 1 N–H and O–H groups in total. The molecule has 3 rings (SSSR count). The van der Waals surface area contributed by atoms with E-state index in [9.17, 15) is 4.79 Å². The molecule has 24 heavy (non-hydrogen) atoms. The Hall–Kier alpha value is -1.85. The van der Waals surface area contributed by atoms with Gasteiger partial charge < -0.3 is 14.9 Å². The summed E-state index contributed by atoms with van der Waals surface area (Å²) in [5.74, 6) is 0.742. The van der Waals surface area contributed by atoms with Crippen LogP contribution in [0.25, 0.3) is 5.57 Å². The molecule has 0 unspecified atom stereocenters. The maximum absolute atomic E-state index is 12.9. The predicted octanol–water partition coefficient (Wildman–Crippen LogP) is 2.50. The van der Waals surface area contributed by atoms with E-state index in [2.05, 4.69) is 38.2 Å². The second-order valence-electron chi connectivity index (χ2n) is 6.83. The zero-order valence-corrected chi connectivity index (χ0v) is 15.2. The zero-order valence-electron chi connectivity index (χ0n) is 15.2. The van der Waals surface area contributed by atoms with Gasteiger partial charge in [-0.3, -0.25) is 4.79 Å². The topological polar surface area (TPSA) is 50.8 Å². The van der Waals surface area contributed by atoms with Crippen LogP contribution in [0.5, 0.6) is 0 Å². The van der Waals surface area contributed by atoms with Gasteiger partial charge in [0.15, 0.2) is 0 Å². The van der Waals surface area contributed by atoms with Crippen molar-refractivity contribution in [3.63, 3.8) is 0 Å². The molecule has 1 aromatic rings. The Labute approximate surface area is 143 Å². The summed E-state index contributed by atoms with van der Waals surface area (Å²) in [5.41, 5.74) is 4.70. The van der Waals surface area contributed by atoms with E-state index in [1.807, 2.05) is 5.06 Å². The minimum atomic E-state index is -0.417. The molecule has 5 heteroatoms. The summed E-state index contributed by atoms with van der Waals surface area (Å²) in [6.45, 7) is 7.72. The molecule has 1 aromatic carbocycles. The molecule has 0 saturated carbocycles. The second-order valence-corrected chi connectivity index (χ2v) is 6.83. The average molecular weight is 330 g/mol. The molecular formula is C19H26N2O3. The van der Waals surface area contributed by atoms with E-state index in [0.717, 1.165) is 48.4 Å². The standard InChI is InChI=1S/C19H26N2O3/c1-12-10-13(2)15(14(3)11-12)16-17(23-4)19(20-18(16)22)6-8-21(24-5)9-7-19/h10-11H,6-9H2,1-5H3,(H,20,22). The van der Waals surface area contributed by atoms with Crippen LogP contribution in [0, 0.1) is 20.8 Å². The molecule has 2 aliphatic rings. The Kier molecular flexibility index (Phi) is 4.40. The third-order valence-electron chi connectivity index (χ3n) is 5.21. The molecular weight excluding hydrogens is 304 g/mol. The summed E-state index contributed by atoms with van der Waals surface area (Å²) in [6.07, 6.45) is 1.56. The van der Waals surface area contributed by atoms with Crippen LogP contribution < -0.4 is 5.32 Å². The largest absolute Gasteiger partial charge is 0.498 e. The highest BCUT2D eigenvalue weighted by Gasteiger charge is 2.49. The summed E-state index contributed by atoms with van der Waals surface area (Å²) in [6, 6.07) is 4.24. The fourth-order valence-corrected chi connectivity index (χ4v) is 4.18. The van der Waals surface area contributed by atoms with Crippen molar-refractivity contribution in [1.29, 1.82) is 0 Å². The number of benzene rings is 1. The first-order chi connectivity index (χ1) is 11.4. The van der Waals surface area contributed by atoms with Gasteiger partial charge in [-0.1, -0.05) is 17.7 Å². The zero-order chi connectivity index (χ0) is 17.5. The number of hydroxylamine groups is 2. The molecule has 1 fully saturated rings. The van der Waals surface area contributed by atoms with Gasteiger partial charge in [-0.2, -0.15) is 5.06 Å². The number of carbonyl (C=O) groups excluding carboxylic acids is 1. The summed E-state index contributed by atoms with van der Waals surface area (Å²) in [4.78, 5) is 18.2. The molecule has 1 saturated heterocycles. The minimum Gasteiger partial charge on any atom is -0.498 e. The number of carbonyl (C=O) groups is 1. The number of nitrogens with one attached hydrogen (secondary N) is 1. The lowest BCUT2D eigenvalue weighted by Gasteiger charge is -2.38. The number of nitrogens with zero attached hydrogens (tertiary/aromatic N) is 1. The van der Waals surface area contributed by atoms with Gasteiger partial charge in [0, 0.05) is 13.1 Å². The molecule has 1 amide bonds. The van der Waals surface area contributed by atoms with Crippen molar-refractivity contribution >= 4 is 11.5 Å². The van der Waals surface area contributed by atoms with E-state index in [-0.39, 0.29) is 5.91 Å². The Morgan fingerprint density at radius 2 is 1.67 bits per heavy atom. The first-order valence-electron chi connectivity index (χ1n) is 8.40. The van der Waals surface area contributed by atoms with Crippen LogP contribution >= 0.6 is 0 Å². The van der Waals surface area contributed by atoms with Gasteiger partial charge >= 0.3 is 0 Å². The highest BCUT2D eigenvalue weighted by Crippen LogP contribution is 2.42. The minimum absolute atomic E-state index is 0.0345. The van der Waals surface area contributed by atoms with E-state index in [4.69, 9.17) is 9.57 Å². The summed E-state index contributed by atoms with van der Waals surface area (Å²) >= 11 is 0. The molecule has 0 aromatic heterocycles. The molecule has 0 bridgehead atoms. The van der Waals surface area contributed by atoms with E-state index in [1.165, 1.54) is 5.56 Å². The lowest BCUT2D eigenvalue weighted by atomic mass is 9.85. The number of hydrogen-bond acceptors (Lipinski definition) is 4. The van der Waals surface area contributed by atoms with Crippen molar-refractivity contribution in [2.24, 2.45) is 0 Å². The van der Waals surface area contributed by atoms with Gasteiger partial charge in [0.2, 0.25) is 0 Å².